The third kappa shape index (κ3) is 2.43. The van der Waals surface area contributed by atoms with Crippen LogP contribution in [0, 0.1) is 18.2 Å². The fraction of sp³-hybridized carbons (Fsp3) is 0.214. The first kappa shape index (κ1) is 14.2. The highest BCUT2D eigenvalue weighted by Gasteiger charge is 2.35. The number of nitrogens with zero attached hydrogens (tertiary/aromatic N) is 1. The van der Waals surface area contributed by atoms with Crippen LogP contribution in [0.5, 0.6) is 5.75 Å². The maximum atomic E-state index is 14.0. The van der Waals surface area contributed by atoms with E-state index in [9.17, 15) is 9.18 Å². The van der Waals surface area contributed by atoms with Gasteiger partial charge in [0.15, 0.2) is 0 Å². The first-order valence-electron chi connectivity index (χ1n) is 5.70. The number of hydrogen-bond acceptors (Lipinski definition) is 3. The molecule has 1 amide bonds. The highest BCUT2D eigenvalue weighted by atomic mass is 35.5. The maximum Gasteiger partial charge on any atom is 0.419 e. The molecule has 1 aromatic rings. The largest absolute Gasteiger partial charge is 0.479 e. The minimum Gasteiger partial charge on any atom is -0.479 e. The van der Waals surface area contributed by atoms with Gasteiger partial charge in [-0.1, -0.05) is 24.1 Å². The van der Waals surface area contributed by atoms with Crippen molar-refractivity contribution in [1.29, 1.82) is 0 Å². The number of anilines is 1. The fourth-order valence-electron chi connectivity index (χ4n) is 1.74. The quantitative estimate of drug-likeness (QED) is 0.803. The first-order valence-corrected chi connectivity index (χ1v) is 6.08. The van der Waals surface area contributed by atoms with Crippen LogP contribution in [0.2, 0.25) is 5.02 Å². The lowest BCUT2D eigenvalue weighted by Crippen LogP contribution is -2.23. The molecule has 1 aliphatic rings. The summed E-state index contributed by atoms with van der Waals surface area (Å²) in [6.45, 7) is 5.33. The van der Waals surface area contributed by atoms with Gasteiger partial charge < -0.3 is 9.47 Å². The Bertz CT molecular complexity index is 624. The van der Waals surface area contributed by atoms with Gasteiger partial charge in [0.05, 0.1) is 16.4 Å². The molecule has 104 valence electrons. The van der Waals surface area contributed by atoms with Crippen LogP contribution in [0.3, 0.4) is 0 Å². The van der Waals surface area contributed by atoms with E-state index in [1.807, 2.05) is 0 Å². The van der Waals surface area contributed by atoms with Gasteiger partial charge in [0.25, 0.3) is 0 Å². The average molecular weight is 296 g/mol. The number of carbonyl (C=O) groups excluding carboxylic acids is 1. The van der Waals surface area contributed by atoms with E-state index in [0.29, 0.717) is 5.70 Å². The fourth-order valence-corrected chi connectivity index (χ4v) is 1.95. The molecule has 1 aromatic carbocycles. The van der Waals surface area contributed by atoms with Crippen LogP contribution < -0.4 is 9.64 Å². The summed E-state index contributed by atoms with van der Waals surface area (Å²) >= 11 is 5.85. The van der Waals surface area contributed by atoms with Crippen LogP contribution >= 0.6 is 11.6 Å². The third-order valence-electron chi connectivity index (χ3n) is 2.77. The minimum absolute atomic E-state index is 0.0212. The molecular formula is C14H11ClFNO3. The molecule has 6 heteroatoms. The number of amides is 1. The van der Waals surface area contributed by atoms with E-state index >= 15 is 0 Å². The van der Waals surface area contributed by atoms with E-state index < -0.39 is 18.0 Å². The predicted octanol–water partition coefficient (Wildman–Crippen LogP) is 3.35. The van der Waals surface area contributed by atoms with Crippen LogP contribution in [-0.2, 0) is 4.74 Å². The third-order valence-corrected chi connectivity index (χ3v) is 3.07. The van der Waals surface area contributed by atoms with Gasteiger partial charge >= 0.3 is 6.09 Å². The first-order chi connectivity index (χ1) is 9.45. The molecule has 1 atom stereocenters. The zero-order valence-electron chi connectivity index (χ0n) is 10.7. The molecule has 0 aromatic heterocycles. The Balaban J connectivity index is 2.44. The number of benzene rings is 1. The van der Waals surface area contributed by atoms with E-state index in [4.69, 9.17) is 27.5 Å². The SMILES string of the molecule is C#CCOc1cc(N2C(=C)C(C)OC2=O)c(F)cc1Cl. The normalized spacial score (nSPS) is 17.9. The van der Waals surface area contributed by atoms with Crippen molar-refractivity contribution >= 4 is 23.4 Å². The highest BCUT2D eigenvalue weighted by Crippen LogP contribution is 2.36. The van der Waals surface area contributed by atoms with Crippen molar-refractivity contribution in [2.45, 2.75) is 13.0 Å². The molecule has 1 fully saturated rings. The van der Waals surface area contributed by atoms with Gasteiger partial charge in [0.1, 0.15) is 24.3 Å². The Morgan fingerprint density at radius 1 is 1.65 bits per heavy atom. The number of rotatable bonds is 3. The Morgan fingerprint density at radius 3 is 2.90 bits per heavy atom. The summed E-state index contributed by atoms with van der Waals surface area (Å²) in [5.41, 5.74) is 0.292. The van der Waals surface area contributed by atoms with Crippen molar-refractivity contribution in [3.05, 3.63) is 35.2 Å². The van der Waals surface area contributed by atoms with Crippen molar-refractivity contribution in [1.82, 2.24) is 0 Å². The van der Waals surface area contributed by atoms with Crippen molar-refractivity contribution in [2.75, 3.05) is 11.5 Å². The van der Waals surface area contributed by atoms with Crippen LogP contribution in [0.15, 0.2) is 24.4 Å². The van der Waals surface area contributed by atoms with E-state index in [1.165, 1.54) is 6.07 Å². The summed E-state index contributed by atoms with van der Waals surface area (Å²) in [7, 11) is 0. The number of terminal acetylenes is 1. The van der Waals surface area contributed by atoms with E-state index in [1.54, 1.807) is 6.92 Å². The van der Waals surface area contributed by atoms with Crippen LogP contribution in [0.4, 0.5) is 14.9 Å². The van der Waals surface area contributed by atoms with Crippen molar-refractivity contribution in [3.63, 3.8) is 0 Å². The molecule has 1 unspecified atom stereocenters. The Kier molecular flexibility index (Phi) is 3.86. The Morgan fingerprint density at radius 2 is 2.35 bits per heavy atom. The summed E-state index contributed by atoms with van der Waals surface area (Å²) in [5, 5.41) is 0.0627. The van der Waals surface area contributed by atoms with E-state index in [2.05, 4.69) is 12.5 Å². The molecule has 0 N–H and O–H groups in total. The molecule has 0 aliphatic carbocycles. The summed E-state index contributed by atoms with van der Waals surface area (Å²) in [6, 6.07) is 2.34. The molecule has 0 saturated carbocycles. The second-order valence-electron chi connectivity index (χ2n) is 4.08. The van der Waals surface area contributed by atoms with Gasteiger partial charge in [0.2, 0.25) is 0 Å². The smallest absolute Gasteiger partial charge is 0.419 e. The minimum atomic E-state index is -0.702. The second-order valence-corrected chi connectivity index (χ2v) is 4.49. The number of cyclic esters (lactones) is 1. The number of hydrogen-bond donors (Lipinski definition) is 0. The van der Waals surface area contributed by atoms with Gasteiger partial charge in [-0.05, 0) is 13.0 Å². The predicted molar refractivity (Wildman–Crippen MR) is 73.3 cm³/mol. The zero-order chi connectivity index (χ0) is 14.9. The van der Waals surface area contributed by atoms with Gasteiger partial charge in [0, 0.05) is 6.07 Å². The lowest BCUT2D eigenvalue weighted by atomic mass is 10.2. The van der Waals surface area contributed by atoms with Crippen molar-refractivity contribution < 1.29 is 18.7 Å². The van der Waals surface area contributed by atoms with Crippen LogP contribution in [-0.4, -0.2) is 18.8 Å². The molecule has 1 saturated heterocycles. The topological polar surface area (TPSA) is 38.8 Å². The molecule has 0 spiro atoms. The summed E-state index contributed by atoms with van der Waals surface area (Å²) in [6.07, 6.45) is 3.87. The molecule has 0 radical (unpaired) electrons. The lowest BCUT2D eigenvalue weighted by molar-refractivity contribution is 0.154. The lowest BCUT2D eigenvalue weighted by Gasteiger charge is -2.17. The highest BCUT2D eigenvalue weighted by molar-refractivity contribution is 6.32. The average Bonchev–Trinajstić information content (AvgIpc) is 2.63. The van der Waals surface area contributed by atoms with Gasteiger partial charge in [-0.15, -0.1) is 6.42 Å². The monoisotopic (exact) mass is 295 g/mol. The second kappa shape index (κ2) is 5.43. The molecule has 4 nitrogen and oxygen atoms in total. The maximum absolute atomic E-state index is 14.0. The molecule has 2 rings (SSSR count). The van der Waals surface area contributed by atoms with Crippen LogP contribution in [0.25, 0.3) is 0 Å². The van der Waals surface area contributed by atoms with Crippen molar-refractivity contribution in [2.24, 2.45) is 0 Å². The van der Waals surface area contributed by atoms with Crippen LogP contribution in [0.1, 0.15) is 6.92 Å². The Labute approximate surface area is 120 Å². The summed E-state index contributed by atoms with van der Waals surface area (Å²) in [4.78, 5) is 12.8. The zero-order valence-corrected chi connectivity index (χ0v) is 11.4. The number of halogens is 2. The molecular weight excluding hydrogens is 285 g/mol. The summed E-state index contributed by atoms with van der Waals surface area (Å²) in [5.74, 6) is 1.77. The standard InChI is InChI=1S/C14H11ClFNO3/c1-4-5-19-13-7-12(11(16)6-10(13)15)17-8(2)9(3)20-14(17)18/h1,6-7,9H,2,5H2,3H3. The molecule has 20 heavy (non-hydrogen) atoms. The molecule has 1 aliphatic heterocycles. The van der Waals surface area contributed by atoms with Gasteiger partial charge in [-0.25, -0.2) is 14.1 Å². The number of ether oxygens (including phenoxy) is 2. The van der Waals surface area contributed by atoms with E-state index in [-0.39, 0.29) is 23.1 Å². The van der Waals surface area contributed by atoms with Gasteiger partial charge in [-0.3, -0.25) is 0 Å². The van der Waals surface area contributed by atoms with Gasteiger partial charge in [-0.2, -0.15) is 0 Å². The molecule has 1 heterocycles. The summed E-state index contributed by atoms with van der Waals surface area (Å²) < 4.78 is 24.2. The number of carbonyl (C=O) groups is 1. The Hall–Kier alpha value is -2.19. The van der Waals surface area contributed by atoms with E-state index in [0.717, 1.165) is 11.0 Å². The van der Waals surface area contributed by atoms with Crippen molar-refractivity contribution in [3.8, 4) is 18.1 Å². The molecule has 0 bridgehead atoms.